The first-order chi connectivity index (χ1) is 9.71. The van der Waals surface area contributed by atoms with Crippen LogP contribution in [0.15, 0.2) is 0 Å². The maximum Gasteiger partial charge on any atom is 0.248 e. The summed E-state index contributed by atoms with van der Waals surface area (Å²) in [6.07, 6.45) is 4.01. The van der Waals surface area contributed by atoms with Crippen molar-refractivity contribution in [2.75, 3.05) is 47.1 Å². The minimum absolute atomic E-state index is 0.0857. The van der Waals surface area contributed by atoms with E-state index in [0.29, 0.717) is 25.2 Å². The molecule has 3 N–H and O–H groups in total. The predicted octanol–water partition coefficient (Wildman–Crippen LogP) is -0.0327. The lowest BCUT2D eigenvalue weighted by Gasteiger charge is -2.34. The molecule has 6 heteroatoms. The molecule has 0 saturated carbocycles. The molecule has 20 heavy (non-hydrogen) atoms. The van der Waals surface area contributed by atoms with Crippen molar-refractivity contribution in [1.29, 1.82) is 0 Å². The summed E-state index contributed by atoms with van der Waals surface area (Å²) in [6.45, 7) is 3.21. The van der Waals surface area contributed by atoms with Crippen molar-refractivity contribution in [2.24, 2.45) is 5.73 Å². The second-order valence-corrected chi connectivity index (χ2v) is 5.34. The largest absolute Gasteiger partial charge is 0.383 e. The van der Waals surface area contributed by atoms with E-state index in [4.69, 9.17) is 15.2 Å². The zero-order valence-electron chi connectivity index (χ0n) is 12.8. The third-order valence-corrected chi connectivity index (χ3v) is 3.71. The number of amides is 1. The van der Waals surface area contributed by atoms with Gasteiger partial charge in [-0.1, -0.05) is 0 Å². The Balaban J connectivity index is 2.30. The fraction of sp³-hybridized carbons (Fsp3) is 0.929. The van der Waals surface area contributed by atoms with Crippen LogP contribution in [0.1, 0.15) is 25.7 Å². The molecule has 6 nitrogen and oxygen atoms in total. The Morgan fingerprint density at radius 2 is 2.05 bits per heavy atom. The normalized spacial score (nSPS) is 18.2. The molecule has 1 atom stereocenters. The van der Waals surface area contributed by atoms with Gasteiger partial charge in [0.2, 0.25) is 5.91 Å². The van der Waals surface area contributed by atoms with E-state index in [-0.39, 0.29) is 12.5 Å². The van der Waals surface area contributed by atoms with Gasteiger partial charge in [0.15, 0.2) is 0 Å². The number of hydrogen-bond donors (Lipinski definition) is 2. The van der Waals surface area contributed by atoms with E-state index in [0.717, 1.165) is 38.8 Å². The summed E-state index contributed by atoms with van der Waals surface area (Å²) >= 11 is 0. The van der Waals surface area contributed by atoms with Gasteiger partial charge in [0.1, 0.15) is 6.61 Å². The summed E-state index contributed by atoms with van der Waals surface area (Å²) in [7, 11) is 3.28. The van der Waals surface area contributed by atoms with Gasteiger partial charge >= 0.3 is 0 Å². The molecule has 1 unspecified atom stereocenters. The number of carbonyl (C=O) groups excluding carboxylic acids is 1. The van der Waals surface area contributed by atoms with Crippen LogP contribution in [-0.2, 0) is 14.3 Å². The number of carbonyl (C=O) groups is 1. The Morgan fingerprint density at radius 3 is 2.60 bits per heavy atom. The van der Waals surface area contributed by atoms with E-state index in [1.54, 1.807) is 14.2 Å². The number of piperidine rings is 1. The first-order valence-electron chi connectivity index (χ1n) is 7.43. The van der Waals surface area contributed by atoms with Gasteiger partial charge < -0.3 is 25.4 Å². The molecule has 1 aliphatic heterocycles. The van der Waals surface area contributed by atoms with Gasteiger partial charge in [-0.25, -0.2) is 0 Å². The number of nitrogens with zero attached hydrogens (tertiary/aromatic N) is 1. The van der Waals surface area contributed by atoms with Crippen LogP contribution in [-0.4, -0.2) is 70.0 Å². The van der Waals surface area contributed by atoms with Crippen molar-refractivity contribution in [3.63, 3.8) is 0 Å². The number of nitrogens with one attached hydrogen (secondary N) is 1. The second kappa shape index (κ2) is 10.1. The van der Waals surface area contributed by atoms with Crippen molar-refractivity contribution < 1.29 is 14.3 Å². The maximum absolute atomic E-state index is 11.7. The molecule has 1 rings (SSSR count). The molecule has 0 bridgehead atoms. The summed E-state index contributed by atoms with van der Waals surface area (Å²) in [5, 5.41) is 3.63. The smallest absolute Gasteiger partial charge is 0.248 e. The summed E-state index contributed by atoms with van der Waals surface area (Å²) in [5.41, 5.74) is 5.56. The Kier molecular flexibility index (Phi) is 8.77. The van der Waals surface area contributed by atoms with Crippen molar-refractivity contribution in [3.05, 3.63) is 0 Å². The van der Waals surface area contributed by atoms with E-state index < -0.39 is 0 Å². The molecule has 1 fully saturated rings. The zero-order chi connectivity index (χ0) is 14.8. The molecule has 0 radical (unpaired) electrons. The van der Waals surface area contributed by atoms with Crippen LogP contribution in [0.3, 0.4) is 0 Å². The third-order valence-electron chi connectivity index (χ3n) is 3.71. The lowest BCUT2D eigenvalue weighted by atomic mass is 10.0. The molecule has 1 heterocycles. The Bertz CT molecular complexity index is 268. The van der Waals surface area contributed by atoms with Gasteiger partial charge in [0.05, 0.1) is 6.61 Å². The van der Waals surface area contributed by atoms with Crippen LogP contribution in [0.4, 0.5) is 0 Å². The summed E-state index contributed by atoms with van der Waals surface area (Å²) in [4.78, 5) is 13.6. The molecule has 118 valence electrons. The van der Waals surface area contributed by atoms with E-state index in [9.17, 15) is 4.79 Å². The second-order valence-electron chi connectivity index (χ2n) is 5.34. The number of rotatable bonds is 9. The van der Waals surface area contributed by atoms with Gasteiger partial charge in [-0.15, -0.1) is 0 Å². The van der Waals surface area contributed by atoms with Crippen molar-refractivity contribution in [2.45, 2.75) is 37.8 Å². The fourth-order valence-electron chi connectivity index (χ4n) is 2.62. The number of likely N-dealkylation sites (tertiary alicyclic amines) is 1. The van der Waals surface area contributed by atoms with Gasteiger partial charge in [0.25, 0.3) is 0 Å². The van der Waals surface area contributed by atoms with E-state index in [1.165, 1.54) is 0 Å². The molecule has 1 aliphatic rings. The predicted molar refractivity (Wildman–Crippen MR) is 78.6 cm³/mol. The molecule has 0 aromatic rings. The first kappa shape index (κ1) is 17.4. The summed E-state index contributed by atoms with van der Waals surface area (Å²) in [5.74, 6) is 0.0857. The third kappa shape index (κ3) is 6.17. The van der Waals surface area contributed by atoms with E-state index in [2.05, 4.69) is 5.32 Å². The molecular weight excluding hydrogens is 258 g/mol. The standard InChI is InChI=1S/C14H29N3O3/c1-19-10-13(4-3-7-15)16-12-5-8-17(9-6-12)14(18)11-20-2/h12-13,16H,3-11,15H2,1-2H3. The van der Waals surface area contributed by atoms with Crippen LogP contribution in [0, 0.1) is 0 Å². The highest BCUT2D eigenvalue weighted by Gasteiger charge is 2.24. The topological polar surface area (TPSA) is 76.8 Å². The van der Waals surface area contributed by atoms with E-state index >= 15 is 0 Å². The van der Waals surface area contributed by atoms with Crippen molar-refractivity contribution in [3.8, 4) is 0 Å². The van der Waals surface area contributed by atoms with Gasteiger partial charge in [-0.3, -0.25) is 4.79 Å². The fourth-order valence-corrected chi connectivity index (χ4v) is 2.62. The Labute approximate surface area is 122 Å². The molecule has 0 aromatic carbocycles. The Hall–Kier alpha value is -0.690. The van der Waals surface area contributed by atoms with Gasteiger partial charge in [-0.2, -0.15) is 0 Å². The average Bonchev–Trinajstić information content (AvgIpc) is 2.46. The van der Waals surface area contributed by atoms with Crippen LogP contribution < -0.4 is 11.1 Å². The van der Waals surface area contributed by atoms with Crippen LogP contribution in [0.5, 0.6) is 0 Å². The SMILES string of the molecule is COCC(=O)N1CCC(NC(CCCN)COC)CC1. The monoisotopic (exact) mass is 287 g/mol. The first-order valence-corrected chi connectivity index (χ1v) is 7.43. The number of ether oxygens (including phenoxy) is 2. The average molecular weight is 287 g/mol. The molecule has 1 saturated heterocycles. The van der Waals surface area contributed by atoms with Gasteiger partial charge in [0, 0.05) is 39.4 Å². The quantitative estimate of drug-likeness (QED) is 0.622. The number of nitrogens with two attached hydrogens (primary N) is 1. The number of methoxy groups -OCH3 is 2. The Morgan fingerprint density at radius 1 is 1.35 bits per heavy atom. The van der Waals surface area contributed by atoms with Crippen molar-refractivity contribution in [1.82, 2.24) is 10.2 Å². The highest BCUT2D eigenvalue weighted by Crippen LogP contribution is 2.12. The summed E-state index contributed by atoms with van der Waals surface area (Å²) in [6, 6.07) is 0.814. The molecule has 1 amide bonds. The minimum Gasteiger partial charge on any atom is -0.383 e. The van der Waals surface area contributed by atoms with Crippen LogP contribution >= 0.6 is 0 Å². The highest BCUT2D eigenvalue weighted by molar-refractivity contribution is 5.77. The molecular formula is C14H29N3O3. The number of hydrogen-bond acceptors (Lipinski definition) is 5. The molecule has 0 aromatic heterocycles. The van der Waals surface area contributed by atoms with Gasteiger partial charge in [-0.05, 0) is 32.2 Å². The summed E-state index contributed by atoms with van der Waals surface area (Å²) < 4.78 is 10.1. The molecule has 0 spiro atoms. The minimum atomic E-state index is 0.0857. The van der Waals surface area contributed by atoms with Crippen LogP contribution in [0.2, 0.25) is 0 Å². The lowest BCUT2D eigenvalue weighted by molar-refractivity contribution is -0.136. The van der Waals surface area contributed by atoms with E-state index in [1.807, 2.05) is 4.90 Å². The highest BCUT2D eigenvalue weighted by atomic mass is 16.5. The maximum atomic E-state index is 11.7. The zero-order valence-corrected chi connectivity index (χ0v) is 12.8. The lowest BCUT2D eigenvalue weighted by Crippen LogP contribution is -2.49. The molecule has 0 aliphatic carbocycles. The van der Waals surface area contributed by atoms with Crippen molar-refractivity contribution >= 4 is 5.91 Å². The van der Waals surface area contributed by atoms with Crippen LogP contribution in [0.25, 0.3) is 0 Å².